The second-order valence-corrected chi connectivity index (χ2v) is 8.43. The lowest BCUT2D eigenvalue weighted by Crippen LogP contribution is -2.67. The maximum Gasteiger partial charge on any atom is 0.342 e. The quantitative estimate of drug-likeness (QED) is 0.458. The molecule has 162 valence electrons. The SMILES string of the molecule is COc1cc(C2[C@]3(O)C[C@H]4C[C@@]2(O)[C@@](O)(C(=O)O4)[C@@H]3C(=O)c2ccccc2)oc(=O)c1. The van der Waals surface area contributed by atoms with E-state index in [2.05, 4.69) is 0 Å². The number of ether oxygens (including phenoxy) is 2. The molecule has 0 amide bonds. The van der Waals surface area contributed by atoms with Gasteiger partial charge in [0.05, 0.1) is 30.6 Å². The molecular weight excluding hydrogens is 408 g/mol. The predicted molar refractivity (Wildman–Crippen MR) is 102 cm³/mol. The molecule has 3 aliphatic rings. The molecule has 2 aromatic rings. The predicted octanol–water partition coefficient (Wildman–Crippen LogP) is 0.157. The second-order valence-electron chi connectivity index (χ2n) is 8.43. The molecule has 3 fully saturated rings. The van der Waals surface area contributed by atoms with E-state index in [1.54, 1.807) is 18.2 Å². The maximum atomic E-state index is 13.5. The zero-order valence-electron chi connectivity index (χ0n) is 16.5. The maximum absolute atomic E-state index is 13.5. The standard InChI is InChI=1S/C22H20O9/c1-29-12-7-14(31-15(23)8-12)17-20(26)9-13-10-21(17,27)22(28,19(25)30-13)18(20)16(24)11-5-3-2-4-6-11/h2-8,13,17-18,26-28H,9-10H2,1H3/t13-,17?,18+,20+,21-,22-/m0/s1. The van der Waals surface area contributed by atoms with E-state index in [0.717, 1.165) is 6.07 Å². The van der Waals surface area contributed by atoms with Crippen molar-refractivity contribution in [2.24, 2.45) is 5.92 Å². The summed E-state index contributed by atoms with van der Waals surface area (Å²) in [6.07, 6.45) is -1.37. The highest BCUT2D eigenvalue weighted by molar-refractivity contribution is 6.04. The summed E-state index contributed by atoms with van der Waals surface area (Å²) in [6, 6.07) is 10.2. The molecule has 2 saturated carbocycles. The van der Waals surface area contributed by atoms with Crippen molar-refractivity contribution < 1.29 is 38.8 Å². The fourth-order valence-corrected chi connectivity index (χ4v) is 5.72. The van der Waals surface area contributed by atoms with Gasteiger partial charge < -0.3 is 29.2 Å². The summed E-state index contributed by atoms with van der Waals surface area (Å²) in [7, 11) is 1.33. The van der Waals surface area contributed by atoms with Crippen molar-refractivity contribution in [1.82, 2.24) is 0 Å². The Morgan fingerprint density at radius 1 is 1.10 bits per heavy atom. The van der Waals surface area contributed by atoms with Gasteiger partial charge in [-0.1, -0.05) is 30.3 Å². The van der Waals surface area contributed by atoms with Crippen LogP contribution in [0.3, 0.4) is 0 Å². The number of ketones is 1. The lowest BCUT2D eigenvalue weighted by molar-refractivity contribution is -0.234. The van der Waals surface area contributed by atoms with Gasteiger partial charge in [0, 0.05) is 24.5 Å². The largest absolute Gasteiger partial charge is 0.496 e. The first-order valence-electron chi connectivity index (χ1n) is 9.81. The molecule has 3 N–H and O–H groups in total. The van der Waals surface area contributed by atoms with Gasteiger partial charge in [0.2, 0.25) is 5.60 Å². The van der Waals surface area contributed by atoms with Crippen LogP contribution in [0.2, 0.25) is 0 Å². The topological polar surface area (TPSA) is 144 Å². The summed E-state index contributed by atoms with van der Waals surface area (Å²) in [4.78, 5) is 38.4. The highest BCUT2D eigenvalue weighted by Gasteiger charge is 2.85. The monoisotopic (exact) mass is 428 g/mol. The average molecular weight is 428 g/mol. The van der Waals surface area contributed by atoms with Gasteiger partial charge in [-0.25, -0.2) is 9.59 Å². The molecule has 1 aromatic carbocycles. The van der Waals surface area contributed by atoms with Gasteiger partial charge >= 0.3 is 11.6 Å². The van der Waals surface area contributed by atoms with E-state index in [-0.39, 0.29) is 29.9 Å². The van der Waals surface area contributed by atoms with Crippen LogP contribution in [0.1, 0.15) is 34.9 Å². The van der Waals surface area contributed by atoms with E-state index < -0.39 is 52.1 Å². The number of carbonyl (C=O) groups is 2. The van der Waals surface area contributed by atoms with Crippen LogP contribution in [0, 0.1) is 5.92 Å². The number of Topliss-reactive ketones (excluding diaryl/α,β-unsaturated/α-hetero) is 1. The molecular formula is C22H20O9. The summed E-state index contributed by atoms with van der Waals surface area (Å²) in [5, 5.41) is 35.1. The van der Waals surface area contributed by atoms with Gasteiger partial charge in [-0.05, 0) is 0 Å². The molecule has 0 spiro atoms. The molecule has 31 heavy (non-hydrogen) atoms. The Hall–Kier alpha value is -3.01. The van der Waals surface area contributed by atoms with E-state index >= 15 is 0 Å². The molecule has 5 rings (SSSR count). The van der Waals surface area contributed by atoms with Crippen LogP contribution in [-0.4, -0.2) is 57.1 Å². The Balaban J connectivity index is 1.76. The van der Waals surface area contributed by atoms with E-state index in [4.69, 9.17) is 13.9 Å². The number of methoxy groups -OCH3 is 1. The minimum Gasteiger partial charge on any atom is -0.496 e. The van der Waals surface area contributed by atoms with Crippen molar-refractivity contribution in [2.75, 3.05) is 7.11 Å². The summed E-state index contributed by atoms with van der Waals surface area (Å²) >= 11 is 0. The zero-order valence-corrected chi connectivity index (χ0v) is 16.5. The van der Waals surface area contributed by atoms with E-state index in [9.17, 15) is 29.7 Å². The number of aliphatic hydroxyl groups is 3. The lowest BCUT2D eigenvalue weighted by Gasteiger charge is -2.49. The van der Waals surface area contributed by atoms with Crippen LogP contribution >= 0.6 is 0 Å². The number of carbonyl (C=O) groups excluding carboxylic acids is 2. The number of esters is 1. The molecule has 0 radical (unpaired) electrons. The molecule has 1 unspecified atom stereocenters. The van der Waals surface area contributed by atoms with Gasteiger partial charge in [0.25, 0.3) is 0 Å². The molecule has 1 aromatic heterocycles. The third kappa shape index (κ3) is 2.39. The number of hydrogen-bond acceptors (Lipinski definition) is 9. The Labute approximate surface area is 175 Å². The molecule has 9 heteroatoms. The van der Waals surface area contributed by atoms with Gasteiger partial charge in [-0.3, -0.25) is 4.79 Å². The van der Waals surface area contributed by atoms with Crippen LogP contribution in [0.5, 0.6) is 5.75 Å². The van der Waals surface area contributed by atoms with Gasteiger partial charge in [0.1, 0.15) is 23.2 Å². The van der Waals surface area contributed by atoms with Gasteiger partial charge in [0.15, 0.2) is 5.78 Å². The molecule has 6 atom stereocenters. The van der Waals surface area contributed by atoms with Crippen LogP contribution in [0.25, 0.3) is 0 Å². The molecule has 2 heterocycles. The van der Waals surface area contributed by atoms with Crippen molar-refractivity contribution in [3.05, 3.63) is 64.2 Å². The molecule has 1 saturated heterocycles. The molecule has 2 aliphatic carbocycles. The fourth-order valence-electron chi connectivity index (χ4n) is 5.72. The number of fused-ring (bicyclic) bond motifs is 2. The van der Waals surface area contributed by atoms with Crippen molar-refractivity contribution in [1.29, 1.82) is 0 Å². The fraction of sp³-hybridized carbons (Fsp3) is 0.409. The van der Waals surface area contributed by atoms with Crippen molar-refractivity contribution in [3.63, 3.8) is 0 Å². The van der Waals surface area contributed by atoms with Crippen molar-refractivity contribution in [3.8, 4) is 5.75 Å². The normalized spacial score (nSPS) is 38.1. The minimum absolute atomic E-state index is 0.106. The first kappa shape index (κ1) is 19.9. The smallest absolute Gasteiger partial charge is 0.342 e. The Kier molecular flexibility index (Phi) is 4.02. The minimum atomic E-state index is -2.74. The van der Waals surface area contributed by atoms with Gasteiger partial charge in [-0.2, -0.15) is 0 Å². The van der Waals surface area contributed by atoms with Crippen molar-refractivity contribution >= 4 is 11.8 Å². The van der Waals surface area contributed by atoms with Crippen LogP contribution in [0.15, 0.2) is 51.7 Å². The molecule has 1 aliphatic heterocycles. The third-order valence-electron chi connectivity index (χ3n) is 6.84. The van der Waals surface area contributed by atoms with Crippen LogP contribution < -0.4 is 10.4 Å². The average Bonchev–Trinajstić information content (AvgIpc) is 2.76. The number of benzene rings is 1. The third-order valence-corrected chi connectivity index (χ3v) is 6.84. The van der Waals surface area contributed by atoms with E-state index in [0.29, 0.717) is 0 Å². The highest BCUT2D eigenvalue weighted by Crippen LogP contribution is 2.67. The summed E-state index contributed by atoms with van der Waals surface area (Å²) in [5.41, 5.74) is -7.84. The van der Waals surface area contributed by atoms with E-state index in [1.807, 2.05) is 0 Å². The Bertz CT molecular complexity index is 1140. The number of hydrogen-bond donors (Lipinski definition) is 3. The highest BCUT2D eigenvalue weighted by atomic mass is 16.6. The van der Waals surface area contributed by atoms with Crippen molar-refractivity contribution in [2.45, 2.75) is 41.7 Å². The van der Waals surface area contributed by atoms with Crippen LogP contribution in [0.4, 0.5) is 0 Å². The second kappa shape index (κ2) is 6.25. The van der Waals surface area contributed by atoms with E-state index in [1.165, 1.54) is 25.3 Å². The summed E-state index contributed by atoms with van der Waals surface area (Å²) in [6.45, 7) is 0. The first-order valence-corrected chi connectivity index (χ1v) is 9.81. The summed E-state index contributed by atoms with van der Waals surface area (Å²) < 4.78 is 15.6. The summed E-state index contributed by atoms with van der Waals surface area (Å²) in [5.74, 6) is -5.19. The lowest BCUT2D eigenvalue weighted by atomic mass is 9.67. The Morgan fingerprint density at radius 3 is 2.48 bits per heavy atom. The Morgan fingerprint density at radius 2 is 1.81 bits per heavy atom. The zero-order chi connectivity index (χ0) is 22.2. The molecule has 3 bridgehead atoms. The first-order chi connectivity index (χ1) is 14.6. The number of rotatable bonds is 4. The molecule has 9 nitrogen and oxygen atoms in total. The van der Waals surface area contributed by atoms with Gasteiger partial charge in [-0.15, -0.1) is 0 Å². The van der Waals surface area contributed by atoms with Crippen LogP contribution in [-0.2, 0) is 9.53 Å².